The van der Waals surface area contributed by atoms with E-state index < -0.39 is 0 Å². The third kappa shape index (κ3) is 5.13. The number of ketones is 2. The van der Waals surface area contributed by atoms with Crippen molar-refractivity contribution in [2.24, 2.45) is 0 Å². The molecule has 0 saturated heterocycles. The van der Waals surface area contributed by atoms with Crippen molar-refractivity contribution < 1.29 is 9.59 Å². The Hall–Kier alpha value is -2.48. The highest BCUT2D eigenvalue weighted by Crippen LogP contribution is 2.12. The first kappa shape index (κ1) is 15.9. The van der Waals surface area contributed by atoms with Gasteiger partial charge in [0.2, 0.25) is 0 Å². The van der Waals surface area contributed by atoms with Crippen LogP contribution in [0.1, 0.15) is 29.2 Å². The summed E-state index contributed by atoms with van der Waals surface area (Å²) < 4.78 is 0. The van der Waals surface area contributed by atoms with Crippen LogP contribution in [0.5, 0.6) is 0 Å². The summed E-state index contributed by atoms with van der Waals surface area (Å²) in [5.74, 6) is -0.164. The van der Waals surface area contributed by atoms with Crippen LogP contribution >= 0.6 is 0 Å². The maximum atomic E-state index is 11.7. The average Bonchev–Trinajstić information content (AvgIpc) is 2.49. The van der Waals surface area contributed by atoms with E-state index in [-0.39, 0.29) is 11.6 Å². The molecule has 0 aliphatic rings. The van der Waals surface area contributed by atoms with Crippen molar-refractivity contribution in [1.82, 2.24) is 0 Å². The minimum atomic E-state index is -0.109. The molecule has 0 radical (unpaired) electrons. The molecular formula is C20H20O2. The molecule has 0 N–H and O–H groups in total. The van der Waals surface area contributed by atoms with Crippen LogP contribution in [0, 0.1) is 6.92 Å². The molecule has 0 fully saturated rings. The van der Waals surface area contributed by atoms with E-state index >= 15 is 0 Å². The molecule has 2 nitrogen and oxygen atoms in total. The van der Waals surface area contributed by atoms with Crippen molar-refractivity contribution >= 4 is 11.6 Å². The van der Waals surface area contributed by atoms with Gasteiger partial charge in [-0.2, -0.15) is 0 Å². The van der Waals surface area contributed by atoms with Crippen LogP contribution in [0.4, 0.5) is 0 Å². The zero-order chi connectivity index (χ0) is 15.9. The Balaban J connectivity index is 1.96. The largest absolute Gasteiger partial charge is 0.295 e. The summed E-state index contributed by atoms with van der Waals surface area (Å²) in [5.41, 5.74) is 4.72. The van der Waals surface area contributed by atoms with E-state index in [9.17, 15) is 9.59 Å². The third-order valence-electron chi connectivity index (χ3n) is 3.43. The molecule has 0 aliphatic carbocycles. The molecule has 2 heteroatoms. The van der Waals surface area contributed by atoms with Gasteiger partial charge in [0.15, 0.2) is 11.6 Å². The molecule has 0 saturated carbocycles. The Kier molecular flexibility index (Phi) is 5.42. The van der Waals surface area contributed by atoms with E-state index in [1.165, 1.54) is 35.8 Å². The quantitative estimate of drug-likeness (QED) is 0.758. The van der Waals surface area contributed by atoms with E-state index in [0.717, 1.165) is 12.0 Å². The maximum absolute atomic E-state index is 11.7. The fraction of sp³-hybridized carbons (Fsp3) is 0.200. The predicted molar refractivity (Wildman–Crippen MR) is 89.0 cm³/mol. The van der Waals surface area contributed by atoms with Crippen molar-refractivity contribution in [2.75, 3.05) is 0 Å². The van der Waals surface area contributed by atoms with Crippen molar-refractivity contribution in [3.8, 4) is 0 Å². The Morgan fingerprint density at radius 3 is 1.86 bits per heavy atom. The molecule has 0 bridgehead atoms. The third-order valence-corrected chi connectivity index (χ3v) is 3.43. The smallest absolute Gasteiger partial charge is 0.160 e. The topological polar surface area (TPSA) is 34.1 Å². The van der Waals surface area contributed by atoms with Gasteiger partial charge in [0.05, 0.1) is 0 Å². The van der Waals surface area contributed by atoms with Gasteiger partial charge >= 0.3 is 0 Å². The first-order valence-electron chi connectivity index (χ1n) is 7.38. The maximum Gasteiger partial charge on any atom is 0.160 e. The van der Waals surface area contributed by atoms with Crippen LogP contribution in [0.15, 0.2) is 60.7 Å². The molecule has 0 atom stereocenters. The van der Waals surface area contributed by atoms with Crippen LogP contribution in [-0.2, 0) is 22.4 Å². The van der Waals surface area contributed by atoms with E-state index in [1.54, 1.807) is 0 Å². The zero-order valence-electron chi connectivity index (χ0n) is 13.0. The van der Waals surface area contributed by atoms with Crippen LogP contribution in [0.25, 0.3) is 0 Å². The highest BCUT2D eigenvalue weighted by atomic mass is 16.1. The Morgan fingerprint density at radius 1 is 0.818 bits per heavy atom. The van der Waals surface area contributed by atoms with Gasteiger partial charge in [0, 0.05) is 6.42 Å². The van der Waals surface area contributed by atoms with Gasteiger partial charge in [-0.1, -0.05) is 54.1 Å². The van der Waals surface area contributed by atoms with E-state index in [1.807, 2.05) is 12.1 Å². The summed E-state index contributed by atoms with van der Waals surface area (Å²) in [6, 6.07) is 16.6. The molecule has 0 spiro atoms. The number of hydrogen-bond donors (Lipinski definition) is 0. The lowest BCUT2D eigenvalue weighted by atomic mass is 10.0. The van der Waals surface area contributed by atoms with Crippen LogP contribution in [0.2, 0.25) is 0 Å². The number of carbonyl (C=O) groups is 2. The lowest BCUT2D eigenvalue weighted by Gasteiger charge is -2.04. The monoisotopic (exact) mass is 292 g/mol. The lowest BCUT2D eigenvalue weighted by Crippen LogP contribution is -1.99. The summed E-state index contributed by atoms with van der Waals surface area (Å²) >= 11 is 0. The molecule has 2 aromatic carbocycles. The van der Waals surface area contributed by atoms with Gasteiger partial charge < -0.3 is 0 Å². The highest BCUT2D eigenvalue weighted by Gasteiger charge is 2.02. The molecule has 0 heterocycles. The first-order valence-corrected chi connectivity index (χ1v) is 7.38. The van der Waals surface area contributed by atoms with E-state index in [4.69, 9.17) is 0 Å². The van der Waals surface area contributed by atoms with Crippen LogP contribution in [-0.4, -0.2) is 11.6 Å². The fourth-order valence-electron chi connectivity index (χ4n) is 2.19. The number of benzene rings is 2. The van der Waals surface area contributed by atoms with Crippen molar-refractivity contribution in [2.45, 2.75) is 26.7 Å². The molecule has 0 aliphatic heterocycles. The van der Waals surface area contributed by atoms with Crippen molar-refractivity contribution in [3.05, 3.63) is 82.9 Å². The Morgan fingerprint density at radius 2 is 1.32 bits per heavy atom. The fourth-order valence-corrected chi connectivity index (χ4v) is 2.19. The summed E-state index contributed by atoms with van der Waals surface area (Å²) in [4.78, 5) is 22.5. The van der Waals surface area contributed by atoms with Crippen LogP contribution < -0.4 is 0 Å². The molecule has 2 aromatic rings. The van der Waals surface area contributed by atoms with Gasteiger partial charge in [-0.15, -0.1) is 0 Å². The molecule has 0 unspecified atom stereocenters. The molecule has 22 heavy (non-hydrogen) atoms. The highest BCUT2D eigenvalue weighted by molar-refractivity contribution is 5.98. The van der Waals surface area contributed by atoms with Crippen LogP contribution in [0.3, 0.4) is 0 Å². The van der Waals surface area contributed by atoms with Crippen molar-refractivity contribution in [1.29, 1.82) is 0 Å². The van der Waals surface area contributed by atoms with E-state index in [2.05, 4.69) is 43.3 Å². The van der Waals surface area contributed by atoms with Crippen molar-refractivity contribution in [3.63, 3.8) is 0 Å². The number of carbonyl (C=O) groups excluding carboxylic acids is 2. The number of allylic oxidation sites excluding steroid dienone is 2. The second-order valence-electron chi connectivity index (χ2n) is 5.57. The van der Waals surface area contributed by atoms with Gasteiger partial charge in [0.1, 0.15) is 0 Å². The number of rotatable bonds is 6. The summed E-state index contributed by atoms with van der Waals surface area (Å²) in [7, 11) is 0. The second-order valence-corrected chi connectivity index (χ2v) is 5.57. The Labute approximate surface area is 131 Å². The molecular weight excluding hydrogens is 272 g/mol. The Bertz CT molecular complexity index is 677. The first-order chi connectivity index (χ1) is 10.5. The predicted octanol–water partition coefficient (Wildman–Crippen LogP) is 3.84. The molecule has 112 valence electrons. The normalized spacial score (nSPS) is 10.8. The number of aryl methyl sites for hydroxylation is 1. The minimum absolute atomic E-state index is 0.0542. The zero-order valence-corrected chi connectivity index (χ0v) is 13.0. The summed E-state index contributed by atoms with van der Waals surface area (Å²) in [6.07, 6.45) is 3.88. The minimum Gasteiger partial charge on any atom is -0.295 e. The van der Waals surface area contributed by atoms with E-state index in [0.29, 0.717) is 6.42 Å². The standard InChI is InChI=1S/C20H20O2/c1-15-3-6-17(7-4-15)13-18-8-10-19(11-9-18)14-20(22)12-5-16(2)21/h3-12H,13-14H2,1-2H3/b12-5-. The SMILES string of the molecule is CC(=O)/C=C\C(=O)Cc1ccc(Cc2ccc(C)cc2)cc1. The number of hydrogen-bond acceptors (Lipinski definition) is 2. The van der Waals surface area contributed by atoms with Gasteiger partial charge in [-0.25, -0.2) is 0 Å². The average molecular weight is 292 g/mol. The molecule has 2 rings (SSSR count). The second kappa shape index (κ2) is 7.51. The molecule has 0 aromatic heterocycles. The molecule has 0 amide bonds. The summed E-state index contributed by atoms with van der Waals surface area (Å²) in [5, 5.41) is 0. The lowest BCUT2D eigenvalue weighted by molar-refractivity contribution is -0.115. The van der Waals surface area contributed by atoms with Gasteiger partial charge in [-0.3, -0.25) is 9.59 Å². The summed E-state index contributed by atoms with van der Waals surface area (Å²) in [6.45, 7) is 3.51. The van der Waals surface area contributed by atoms with Gasteiger partial charge in [0.25, 0.3) is 0 Å². The van der Waals surface area contributed by atoms with Gasteiger partial charge in [-0.05, 0) is 49.1 Å².